The van der Waals surface area contributed by atoms with E-state index in [1.54, 1.807) is 0 Å². The zero-order chi connectivity index (χ0) is 16.1. The van der Waals surface area contributed by atoms with Crippen molar-refractivity contribution in [3.05, 3.63) is 18.0 Å². The van der Waals surface area contributed by atoms with E-state index >= 15 is 0 Å². The second kappa shape index (κ2) is 7.74. The van der Waals surface area contributed by atoms with E-state index in [4.69, 9.17) is 5.73 Å². The van der Waals surface area contributed by atoms with Crippen LogP contribution in [-0.4, -0.2) is 57.7 Å². The van der Waals surface area contributed by atoms with Crippen molar-refractivity contribution in [2.45, 2.75) is 39.3 Å². The molecule has 0 radical (unpaired) electrons. The number of hydrogen-bond acceptors (Lipinski definition) is 4. The number of carbonyl (C=O) groups excluding carboxylic acids is 1. The number of nitrogens with two attached hydrogens (primary N) is 1. The van der Waals surface area contributed by atoms with Gasteiger partial charge in [-0.3, -0.25) is 14.4 Å². The summed E-state index contributed by atoms with van der Waals surface area (Å²) in [4.78, 5) is 16.8. The lowest BCUT2D eigenvalue weighted by atomic mass is 9.99. The molecule has 6 nitrogen and oxygen atoms in total. The molecule has 0 saturated carbocycles. The van der Waals surface area contributed by atoms with Gasteiger partial charge in [-0.2, -0.15) is 5.10 Å². The Morgan fingerprint density at radius 1 is 1.36 bits per heavy atom. The van der Waals surface area contributed by atoms with Crippen LogP contribution in [0.4, 0.5) is 0 Å². The first-order chi connectivity index (χ1) is 10.5. The first-order valence-electron chi connectivity index (χ1n) is 8.25. The number of nitrogens with zero attached hydrogens (tertiary/aromatic N) is 4. The summed E-state index contributed by atoms with van der Waals surface area (Å²) in [6.45, 7) is 8.51. The van der Waals surface area contributed by atoms with Crippen LogP contribution < -0.4 is 5.73 Å². The fourth-order valence-electron chi connectivity index (χ4n) is 2.87. The number of aromatic nitrogens is 2. The third kappa shape index (κ3) is 4.30. The van der Waals surface area contributed by atoms with E-state index in [9.17, 15) is 4.79 Å². The fourth-order valence-corrected chi connectivity index (χ4v) is 2.87. The molecule has 124 valence electrons. The van der Waals surface area contributed by atoms with Crippen molar-refractivity contribution in [3.8, 4) is 0 Å². The second-order valence-electron chi connectivity index (χ2n) is 6.39. The normalized spacial score (nSPS) is 19.7. The van der Waals surface area contributed by atoms with Gasteiger partial charge in [0.2, 0.25) is 5.91 Å². The van der Waals surface area contributed by atoms with Gasteiger partial charge in [-0.25, -0.2) is 0 Å². The average molecular weight is 307 g/mol. The van der Waals surface area contributed by atoms with Gasteiger partial charge in [0.05, 0.1) is 12.2 Å². The molecule has 2 N–H and O–H groups in total. The van der Waals surface area contributed by atoms with Crippen LogP contribution in [0, 0.1) is 5.92 Å². The molecule has 1 fully saturated rings. The van der Waals surface area contributed by atoms with Gasteiger partial charge in [0, 0.05) is 51.5 Å². The SMILES string of the molecule is CCC(C)C(N)C(=O)N1CCCN(Cc2cnn(C)c2)CC1. The lowest BCUT2D eigenvalue weighted by Gasteiger charge is -2.27. The smallest absolute Gasteiger partial charge is 0.239 e. The summed E-state index contributed by atoms with van der Waals surface area (Å²) in [5.41, 5.74) is 7.32. The quantitative estimate of drug-likeness (QED) is 0.875. The topological polar surface area (TPSA) is 67.4 Å². The van der Waals surface area contributed by atoms with Crippen molar-refractivity contribution in [1.29, 1.82) is 0 Å². The van der Waals surface area contributed by atoms with Crippen LogP contribution in [0.2, 0.25) is 0 Å². The molecule has 2 heterocycles. The molecule has 1 aliphatic heterocycles. The van der Waals surface area contributed by atoms with Gasteiger partial charge in [-0.15, -0.1) is 0 Å². The van der Waals surface area contributed by atoms with E-state index in [1.807, 2.05) is 29.0 Å². The third-order valence-corrected chi connectivity index (χ3v) is 4.61. The molecule has 1 saturated heterocycles. The van der Waals surface area contributed by atoms with Crippen molar-refractivity contribution in [3.63, 3.8) is 0 Å². The van der Waals surface area contributed by atoms with Crippen molar-refractivity contribution in [2.75, 3.05) is 26.2 Å². The van der Waals surface area contributed by atoms with Gasteiger partial charge in [-0.05, 0) is 12.3 Å². The number of rotatable bonds is 5. The Hall–Kier alpha value is -1.40. The first kappa shape index (κ1) is 17.0. The summed E-state index contributed by atoms with van der Waals surface area (Å²) < 4.78 is 1.83. The maximum atomic E-state index is 12.5. The van der Waals surface area contributed by atoms with E-state index in [2.05, 4.69) is 23.8 Å². The minimum absolute atomic E-state index is 0.109. The van der Waals surface area contributed by atoms with Crippen LogP contribution in [0.15, 0.2) is 12.4 Å². The summed E-state index contributed by atoms with van der Waals surface area (Å²) in [7, 11) is 1.93. The lowest BCUT2D eigenvalue weighted by Crippen LogP contribution is -2.48. The Bertz CT molecular complexity index is 487. The van der Waals surface area contributed by atoms with Crippen molar-refractivity contribution in [1.82, 2.24) is 19.6 Å². The average Bonchev–Trinajstić information content (AvgIpc) is 2.78. The molecule has 0 bridgehead atoms. The summed E-state index contributed by atoms with van der Waals surface area (Å²) in [5.74, 6) is 0.347. The second-order valence-corrected chi connectivity index (χ2v) is 6.39. The van der Waals surface area contributed by atoms with E-state index < -0.39 is 0 Å². The molecular weight excluding hydrogens is 278 g/mol. The maximum Gasteiger partial charge on any atom is 0.239 e. The highest BCUT2D eigenvalue weighted by Gasteiger charge is 2.26. The van der Waals surface area contributed by atoms with Crippen LogP contribution >= 0.6 is 0 Å². The molecule has 2 atom stereocenters. The van der Waals surface area contributed by atoms with Gasteiger partial charge in [0.1, 0.15) is 0 Å². The van der Waals surface area contributed by atoms with Gasteiger partial charge in [0.25, 0.3) is 0 Å². The highest BCUT2D eigenvalue weighted by molar-refractivity contribution is 5.82. The van der Waals surface area contributed by atoms with Gasteiger partial charge >= 0.3 is 0 Å². The summed E-state index contributed by atoms with van der Waals surface area (Å²) in [6.07, 6.45) is 5.90. The number of carbonyl (C=O) groups is 1. The molecule has 1 aromatic heterocycles. The minimum atomic E-state index is -0.366. The molecule has 0 aliphatic carbocycles. The number of aryl methyl sites for hydroxylation is 1. The zero-order valence-corrected chi connectivity index (χ0v) is 14.0. The highest BCUT2D eigenvalue weighted by atomic mass is 16.2. The van der Waals surface area contributed by atoms with Crippen LogP contribution in [0.3, 0.4) is 0 Å². The monoisotopic (exact) mass is 307 g/mol. The van der Waals surface area contributed by atoms with E-state index in [-0.39, 0.29) is 17.9 Å². The summed E-state index contributed by atoms with van der Waals surface area (Å²) in [5, 5.41) is 4.21. The van der Waals surface area contributed by atoms with Gasteiger partial charge in [0.15, 0.2) is 0 Å². The largest absolute Gasteiger partial charge is 0.340 e. The first-order valence-corrected chi connectivity index (χ1v) is 8.25. The molecule has 2 unspecified atom stereocenters. The Labute approximate surface area is 133 Å². The van der Waals surface area contributed by atoms with E-state index in [0.29, 0.717) is 0 Å². The van der Waals surface area contributed by atoms with Crippen molar-refractivity contribution >= 4 is 5.91 Å². The molecule has 1 aromatic rings. The Kier molecular flexibility index (Phi) is 5.97. The Morgan fingerprint density at radius 2 is 2.14 bits per heavy atom. The molecular formula is C16H29N5O. The highest BCUT2D eigenvalue weighted by Crippen LogP contribution is 2.12. The molecule has 0 spiro atoms. The van der Waals surface area contributed by atoms with Gasteiger partial charge in [-0.1, -0.05) is 20.3 Å². The Morgan fingerprint density at radius 3 is 2.77 bits per heavy atom. The van der Waals surface area contributed by atoms with E-state index in [0.717, 1.165) is 45.6 Å². The van der Waals surface area contributed by atoms with Crippen LogP contribution in [0.25, 0.3) is 0 Å². The molecule has 1 amide bonds. The van der Waals surface area contributed by atoms with Gasteiger partial charge < -0.3 is 10.6 Å². The van der Waals surface area contributed by atoms with Crippen LogP contribution in [-0.2, 0) is 18.4 Å². The fraction of sp³-hybridized carbons (Fsp3) is 0.750. The standard InChI is InChI=1S/C16H29N5O/c1-4-13(2)15(17)16(22)21-7-5-6-20(8-9-21)12-14-10-18-19(3)11-14/h10-11,13,15H,4-9,12,17H2,1-3H3. The van der Waals surface area contributed by atoms with Crippen molar-refractivity contribution < 1.29 is 4.79 Å². The summed E-state index contributed by atoms with van der Waals surface area (Å²) >= 11 is 0. The number of hydrogen-bond donors (Lipinski definition) is 1. The third-order valence-electron chi connectivity index (χ3n) is 4.61. The maximum absolute atomic E-state index is 12.5. The predicted octanol–water partition coefficient (Wildman–Crippen LogP) is 0.828. The number of amides is 1. The molecule has 6 heteroatoms. The molecule has 1 aliphatic rings. The van der Waals surface area contributed by atoms with Crippen molar-refractivity contribution in [2.24, 2.45) is 18.7 Å². The minimum Gasteiger partial charge on any atom is -0.340 e. The lowest BCUT2D eigenvalue weighted by molar-refractivity contribution is -0.133. The summed E-state index contributed by atoms with van der Waals surface area (Å²) in [6, 6.07) is -0.366. The predicted molar refractivity (Wildman–Crippen MR) is 87.1 cm³/mol. The zero-order valence-electron chi connectivity index (χ0n) is 14.0. The molecule has 0 aromatic carbocycles. The molecule has 2 rings (SSSR count). The van der Waals surface area contributed by atoms with E-state index in [1.165, 1.54) is 5.56 Å². The van der Waals surface area contributed by atoms with Crippen LogP contribution in [0.1, 0.15) is 32.3 Å². The Balaban J connectivity index is 1.88. The van der Waals surface area contributed by atoms with Crippen LogP contribution in [0.5, 0.6) is 0 Å². The molecule has 22 heavy (non-hydrogen) atoms.